The van der Waals surface area contributed by atoms with Gasteiger partial charge in [0, 0.05) is 11.6 Å². The van der Waals surface area contributed by atoms with E-state index < -0.39 is 17.8 Å². The predicted molar refractivity (Wildman–Crippen MR) is 104 cm³/mol. The number of carbonyl (C=O) groups is 1. The van der Waals surface area contributed by atoms with Gasteiger partial charge in [-0.25, -0.2) is 9.37 Å². The molecule has 5 nitrogen and oxygen atoms in total. The van der Waals surface area contributed by atoms with Crippen molar-refractivity contribution in [2.45, 2.75) is 13.0 Å². The van der Waals surface area contributed by atoms with Gasteiger partial charge >= 0.3 is 0 Å². The minimum Gasteiger partial charge on any atom is -0.450 e. The van der Waals surface area contributed by atoms with E-state index in [0.717, 1.165) is 5.56 Å². The third kappa shape index (κ3) is 2.40. The number of fused-ring (bicyclic) bond motifs is 2. The summed E-state index contributed by atoms with van der Waals surface area (Å²) in [7, 11) is 0. The summed E-state index contributed by atoms with van der Waals surface area (Å²) >= 11 is 1.28. The first-order chi connectivity index (χ1) is 13.5. The standard InChI is InChI=1S/C21H13FN2O3S/c1-11-2-7-15-14(10-11)18(25)16-17(12-3-5-13(22)6-4-12)24(20(26)19(16)27-15)21-23-8-9-28-21/h2-10,17H,1H3. The second-order valence-electron chi connectivity index (χ2n) is 6.62. The fraction of sp³-hybridized carbons (Fsp3) is 0.0952. The van der Waals surface area contributed by atoms with E-state index >= 15 is 0 Å². The van der Waals surface area contributed by atoms with Gasteiger partial charge in [-0.3, -0.25) is 14.5 Å². The topological polar surface area (TPSA) is 63.4 Å². The molecule has 7 heteroatoms. The Labute approximate surface area is 162 Å². The third-order valence-corrected chi connectivity index (χ3v) is 5.61. The number of halogens is 1. The van der Waals surface area contributed by atoms with E-state index in [1.165, 1.54) is 28.4 Å². The Morgan fingerprint density at radius 1 is 1.14 bits per heavy atom. The van der Waals surface area contributed by atoms with Crippen LogP contribution in [0.15, 0.2) is 63.3 Å². The number of nitrogens with zero attached hydrogens (tertiary/aromatic N) is 2. The smallest absolute Gasteiger partial charge is 0.297 e. The second-order valence-corrected chi connectivity index (χ2v) is 7.49. The van der Waals surface area contributed by atoms with E-state index in [-0.39, 0.29) is 16.8 Å². The molecule has 0 aliphatic carbocycles. The van der Waals surface area contributed by atoms with E-state index in [2.05, 4.69) is 4.98 Å². The molecule has 1 aliphatic rings. The minimum atomic E-state index is -0.726. The number of hydrogen-bond acceptors (Lipinski definition) is 5. The van der Waals surface area contributed by atoms with Crippen molar-refractivity contribution in [3.05, 3.63) is 92.5 Å². The Kier molecular flexibility index (Phi) is 3.67. The molecule has 0 saturated heterocycles. The summed E-state index contributed by atoms with van der Waals surface area (Å²) in [4.78, 5) is 32.2. The van der Waals surface area contributed by atoms with Gasteiger partial charge in [-0.2, -0.15) is 0 Å². The first-order valence-corrected chi connectivity index (χ1v) is 9.48. The lowest BCUT2D eigenvalue weighted by atomic mass is 9.98. The molecule has 2 aromatic carbocycles. The van der Waals surface area contributed by atoms with Gasteiger partial charge in [0.05, 0.1) is 17.0 Å². The van der Waals surface area contributed by atoms with Crippen molar-refractivity contribution in [2.24, 2.45) is 0 Å². The minimum absolute atomic E-state index is 0.00544. The average molecular weight is 392 g/mol. The monoisotopic (exact) mass is 392 g/mol. The fourth-order valence-corrected chi connectivity index (χ4v) is 4.25. The molecule has 3 heterocycles. The maximum atomic E-state index is 13.5. The van der Waals surface area contributed by atoms with E-state index in [1.54, 1.807) is 35.8 Å². The molecule has 0 spiro atoms. The Balaban J connectivity index is 1.83. The van der Waals surface area contributed by atoms with Crippen molar-refractivity contribution >= 4 is 33.3 Å². The lowest BCUT2D eigenvalue weighted by molar-refractivity contribution is 0.0971. The molecule has 2 aromatic heterocycles. The third-order valence-electron chi connectivity index (χ3n) is 4.84. The molecule has 28 heavy (non-hydrogen) atoms. The quantitative estimate of drug-likeness (QED) is 0.506. The van der Waals surface area contributed by atoms with Crippen LogP contribution in [-0.2, 0) is 0 Å². The van der Waals surface area contributed by atoms with Crippen LogP contribution < -0.4 is 10.3 Å². The predicted octanol–water partition coefficient (Wildman–Crippen LogP) is 4.45. The van der Waals surface area contributed by atoms with E-state index in [4.69, 9.17) is 4.42 Å². The van der Waals surface area contributed by atoms with Crippen molar-refractivity contribution in [2.75, 3.05) is 4.90 Å². The summed E-state index contributed by atoms with van der Waals surface area (Å²) in [5, 5.41) is 2.62. The highest BCUT2D eigenvalue weighted by molar-refractivity contribution is 7.13. The number of hydrogen-bond donors (Lipinski definition) is 0. The van der Waals surface area contributed by atoms with Crippen LogP contribution in [0.5, 0.6) is 0 Å². The summed E-state index contributed by atoms with van der Waals surface area (Å²) in [6.07, 6.45) is 1.59. The lowest BCUT2D eigenvalue weighted by Gasteiger charge is -2.22. The Hall–Kier alpha value is -3.32. The fourth-order valence-electron chi connectivity index (χ4n) is 3.58. The molecule has 1 aliphatic heterocycles. The zero-order valence-corrected chi connectivity index (χ0v) is 15.5. The molecule has 1 amide bonds. The molecule has 0 saturated carbocycles. The Morgan fingerprint density at radius 3 is 2.64 bits per heavy atom. The highest BCUT2D eigenvalue weighted by Crippen LogP contribution is 2.41. The van der Waals surface area contributed by atoms with E-state index in [0.29, 0.717) is 21.7 Å². The van der Waals surface area contributed by atoms with Gasteiger partial charge < -0.3 is 4.42 Å². The first-order valence-electron chi connectivity index (χ1n) is 8.60. The van der Waals surface area contributed by atoms with Crippen LogP contribution in [0.4, 0.5) is 9.52 Å². The molecule has 0 fully saturated rings. The van der Waals surface area contributed by atoms with Gasteiger partial charge in [-0.15, -0.1) is 11.3 Å². The highest BCUT2D eigenvalue weighted by atomic mass is 32.1. The zero-order chi connectivity index (χ0) is 19.4. The van der Waals surface area contributed by atoms with Gasteiger partial charge in [-0.1, -0.05) is 23.8 Å². The molecule has 1 atom stereocenters. The lowest BCUT2D eigenvalue weighted by Crippen LogP contribution is -2.29. The van der Waals surface area contributed by atoms with E-state index in [1.807, 2.05) is 13.0 Å². The number of amides is 1. The average Bonchev–Trinajstić information content (AvgIpc) is 3.30. The van der Waals surface area contributed by atoms with Gasteiger partial charge in [0.2, 0.25) is 5.76 Å². The summed E-state index contributed by atoms with van der Waals surface area (Å²) < 4.78 is 19.3. The molecule has 0 radical (unpaired) electrons. The SMILES string of the molecule is Cc1ccc2oc3c(c(=O)c2c1)C(c1ccc(F)cc1)N(c1nccs1)C3=O. The first kappa shape index (κ1) is 16.8. The molecule has 5 rings (SSSR count). The van der Waals surface area contributed by atoms with Crippen LogP contribution in [0.2, 0.25) is 0 Å². The molecular weight excluding hydrogens is 379 g/mol. The van der Waals surface area contributed by atoms with Crippen molar-refractivity contribution in [3.8, 4) is 0 Å². The maximum Gasteiger partial charge on any atom is 0.297 e. The zero-order valence-electron chi connectivity index (χ0n) is 14.7. The number of anilines is 1. The normalized spacial score (nSPS) is 16.0. The second kappa shape index (κ2) is 6.10. The largest absolute Gasteiger partial charge is 0.450 e. The van der Waals surface area contributed by atoms with Crippen molar-refractivity contribution < 1.29 is 13.6 Å². The van der Waals surface area contributed by atoms with Crippen LogP contribution in [-0.4, -0.2) is 10.9 Å². The van der Waals surface area contributed by atoms with E-state index in [9.17, 15) is 14.0 Å². The summed E-state index contributed by atoms with van der Waals surface area (Å²) in [6, 6.07) is 10.3. The van der Waals surface area contributed by atoms with Gasteiger partial charge in [-0.05, 0) is 36.8 Å². The Bertz CT molecular complexity index is 1280. The number of thiazole rings is 1. The molecule has 0 N–H and O–H groups in total. The summed E-state index contributed by atoms with van der Waals surface area (Å²) in [5.41, 5.74) is 1.88. The summed E-state index contributed by atoms with van der Waals surface area (Å²) in [5.74, 6) is -0.819. The molecule has 4 aromatic rings. The Morgan fingerprint density at radius 2 is 1.93 bits per heavy atom. The number of aromatic nitrogens is 1. The molecular formula is C21H13FN2O3S. The highest BCUT2D eigenvalue weighted by Gasteiger charge is 2.44. The molecule has 1 unspecified atom stereocenters. The van der Waals surface area contributed by atoms with Gasteiger partial charge in [0.15, 0.2) is 10.6 Å². The number of aryl methyl sites for hydroxylation is 1. The molecule has 0 bridgehead atoms. The van der Waals surface area contributed by atoms with Gasteiger partial charge in [0.25, 0.3) is 5.91 Å². The number of carbonyl (C=O) groups excluding carboxylic acids is 1. The van der Waals surface area contributed by atoms with Crippen LogP contribution in [0.3, 0.4) is 0 Å². The van der Waals surface area contributed by atoms with Crippen molar-refractivity contribution in [1.29, 1.82) is 0 Å². The van der Waals surface area contributed by atoms with Crippen LogP contribution >= 0.6 is 11.3 Å². The molecule has 138 valence electrons. The van der Waals surface area contributed by atoms with Crippen LogP contribution in [0.1, 0.15) is 33.3 Å². The van der Waals surface area contributed by atoms with Crippen LogP contribution in [0.25, 0.3) is 11.0 Å². The van der Waals surface area contributed by atoms with Crippen LogP contribution in [0, 0.1) is 12.7 Å². The number of rotatable bonds is 2. The van der Waals surface area contributed by atoms with Gasteiger partial charge in [0.1, 0.15) is 11.4 Å². The maximum absolute atomic E-state index is 13.5. The van der Waals surface area contributed by atoms with Crippen molar-refractivity contribution in [3.63, 3.8) is 0 Å². The number of benzene rings is 2. The summed E-state index contributed by atoms with van der Waals surface area (Å²) in [6.45, 7) is 1.89. The van der Waals surface area contributed by atoms with Crippen molar-refractivity contribution in [1.82, 2.24) is 4.98 Å².